The number of ether oxygens (including phenoxy) is 1. The van der Waals surface area contributed by atoms with Gasteiger partial charge in [0.05, 0.1) is 6.54 Å². The van der Waals surface area contributed by atoms with Crippen molar-refractivity contribution >= 4 is 16.9 Å². The minimum absolute atomic E-state index is 0.223. The number of carbonyl (C=O) groups is 1. The molecule has 1 aromatic heterocycles. The summed E-state index contributed by atoms with van der Waals surface area (Å²) in [6, 6.07) is 8.24. The summed E-state index contributed by atoms with van der Waals surface area (Å²) in [6.45, 7) is 6.49. The lowest BCUT2D eigenvalue weighted by molar-refractivity contribution is -0.153. The van der Waals surface area contributed by atoms with Crippen LogP contribution in [0, 0.1) is 0 Å². The molecule has 0 saturated carbocycles. The van der Waals surface area contributed by atoms with Gasteiger partial charge in [0.2, 0.25) is 0 Å². The number of nitrogens with zero attached hydrogens (tertiary/aromatic N) is 1. The van der Waals surface area contributed by atoms with E-state index in [9.17, 15) is 4.79 Å². The number of fused-ring (bicyclic) bond motifs is 1. The molecule has 1 heterocycles. The van der Waals surface area contributed by atoms with Gasteiger partial charge >= 0.3 is 5.97 Å². The van der Waals surface area contributed by atoms with Crippen molar-refractivity contribution in [3.05, 3.63) is 36.0 Å². The maximum atomic E-state index is 11.6. The van der Waals surface area contributed by atoms with Gasteiger partial charge in [-0.05, 0) is 32.4 Å². The predicted octanol–water partition coefficient (Wildman–Crippen LogP) is 2.61. The number of aryl methyl sites for hydroxylation is 1. The number of hydrogen-bond donors (Lipinski definition) is 1. The quantitative estimate of drug-likeness (QED) is 0.872. The van der Waals surface area contributed by atoms with Crippen molar-refractivity contribution < 1.29 is 9.53 Å². The van der Waals surface area contributed by atoms with Gasteiger partial charge in [-0.15, -0.1) is 0 Å². The van der Waals surface area contributed by atoms with Crippen LogP contribution in [0.25, 0.3) is 10.9 Å². The number of nitrogens with one attached hydrogen (secondary N) is 1. The minimum atomic E-state index is -0.432. The van der Waals surface area contributed by atoms with Crippen LogP contribution in [0.1, 0.15) is 26.3 Å². The van der Waals surface area contributed by atoms with Gasteiger partial charge in [0.1, 0.15) is 5.60 Å². The zero-order chi connectivity index (χ0) is 14.8. The molecule has 0 aliphatic heterocycles. The fraction of sp³-hybridized carbons (Fsp3) is 0.438. The Morgan fingerprint density at radius 3 is 2.70 bits per heavy atom. The van der Waals surface area contributed by atoms with E-state index in [1.807, 2.05) is 40.0 Å². The molecule has 4 nitrogen and oxygen atoms in total. The van der Waals surface area contributed by atoms with Crippen LogP contribution in [0.3, 0.4) is 0 Å². The number of para-hydroxylation sites is 1. The summed E-state index contributed by atoms with van der Waals surface area (Å²) >= 11 is 0. The third-order valence-corrected chi connectivity index (χ3v) is 2.98. The molecule has 108 valence electrons. The molecule has 1 aromatic carbocycles. The standard InChI is InChI=1S/C16H22N2O2/c1-16(2,3)20-15(19)10-17-9-12-11-18(4)14-8-6-5-7-13(12)14/h5-8,11,17H,9-10H2,1-4H3. The van der Waals surface area contributed by atoms with Crippen LogP contribution in [0.2, 0.25) is 0 Å². The third kappa shape index (κ3) is 3.61. The zero-order valence-electron chi connectivity index (χ0n) is 12.6. The van der Waals surface area contributed by atoms with Crippen LogP contribution in [-0.2, 0) is 23.1 Å². The Kier molecular flexibility index (Phi) is 4.14. The summed E-state index contributed by atoms with van der Waals surface area (Å²) in [4.78, 5) is 11.6. The average Bonchev–Trinajstić information content (AvgIpc) is 2.65. The first kappa shape index (κ1) is 14.6. The first-order valence-electron chi connectivity index (χ1n) is 6.82. The van der Waals surface area contributed by atoms with E-state index in [2.05, 4.69) is 28.2 Å². The monoisotopic (exact) mass is 274 g/mol. The highest BCUT2D eigenvalue weighted by Gasteiger charge is 2.15. The van der Waals surface area contributed by atoms with Gasteiger partial charge in [0.15, 0.2) is 0 Å². The predicted molar refractivity (Wildman–Crippen MR) is 80.5 cm³/mol. The van der Waals surface area contributed by atoms with E-state index in [0.29, 0.717) is 6.54 Å². The number of benzene rings is 1. The fourth-order valence-corrected chi connectivity index (χ4v) is 2.24. The molecule has 0 aliphatic carbocycles. The van der Waals surface area contributed by atoms with E-state index in [-0.39, 0.29) is 12.5 Å². The minimum Gasteiger partial charge on any atom is -0.459 e. The number of hydrogen-bond acceptors (Lipinski definition) is 3. The van der Waals surface area contributed by atoms with Crippen molar-refractivity contribution in [2.75, 3.05) is 6.54 Å². The molecule has 0 saturated heterocycles. The Bertz CT molecular complexity index is 608. The van der Waals surface area contributed by atoms with E-state index in [4.69, 9.17) is 4.74 Å². The molecule has 4 heteroatoms. The van der Waals surface area contributed by atoms with E-state index < -0.39 is 5.60 Å². The van der Waals surface area contributed by atoms with Crippen LogP contribution < -0.4 is 5.32 Å². The molecule has 2 rings (SSSR count). The lowest BCUT2D eigenvalue weighted by atomic mass is 10.2. The SMILES string of the molecule is Cn1cc(CNCC(=O)OC(C)(C)C)c2ccccc21. The van der Waals surface area contributed by atoms with Crippen LogP contribution in [0.5, 0.6) is 0 Å². The molecule has 0 atom stereocenters. The van der Waals surface area contributed by atoms with Crippen molar-refractivity contribution in [2.24, 2.45) is 7.05 Å². The topological polar surface area (TPSA) is 43.3 Å². The van der Waals surface area contributed by atoms with Gasteiger partial charge in [-0.1, -0.05) is 18.2 Å². The number of carbonyl (C=O) groups excluding carboxylic acids is 1. The molecule has 20 heavy (non-hydrogen) atoms. The summed E-state index contributed by atoms with van der Waals surface area (Å²) in [7, 11) is 2.03. The van der Waals surface area contributed by atoms with E-state index in [1.54, 1.807) is 0 Å². The van der Waals surface area contributed by atoms with Gasteiger partial charge in [-0.25, -0.2) is 0 Å². The maximum Gasteiger partial charge on any atom is 0.320 e. The second kappa shape index (κ2) is 5.67. The summed E-state index contributed by atoms with van der Waals surface area (Å²) in [5, 5.41) is 4.36. The first-order chi connectivity index (χ1) is 9.37. The second-order valence-electron chi connectivity index (χ2n) is 5.97. The van der Waals surface area contributed by atoms with Crippen molar-refractivity contribution in [1.82, 2.24) is 9.88 Å². The Balaban J connectivity index is 1.95. The van der Waals surface area contributed by atoms with Crippen molar-refractivity contribution in [2.45, 2.75) is 32.9 Å². The highest BCUT2D eigenvalue weighted by atomic mass is 16.6. The molecule has 0 fully saturated rings. The molecule has 2 aromatic rings. The van der Waals surface area contributed by atoms with Crippen LogP contribution in [0.15, 0.2) is 30.5 Å². The molecule has 1 N–H and O–H groups in total. The third-order valence-electron chi connectivity index (χ3n) is 2.98. The largest absolute Gasteiger partial charge is 0.459 e. The normalized spacial score (nSPS) is 11.8. The Morgan fingerprint density at radius 2 is 2.00 bits per heavy atom. The summed E-state index contributed by atoms with van der Waals surface area (Å²) < 4.78 is 7.36. The smallest absolute Gasteiger partial charge is 0.320 e. The Labute approximate surface area is 119 Å². The summed E-state index contributed by atoms with van der Waals surface area (Å²) in [6.07, 6.45) is 2.09. The second-order valence-corrected chi connectivity index (χ2v) is 5.97. The molecule has 0 amide bonds. The van der Waals surface area contributed by atoms with Gasteiger partial charge in [0, 0.05) is 30.7 Å². The molecular weight excluding hydrogens is 252 g/mol. The van der Waals surface area contributed by atoms with Crippen LogP contribution in [0.4, 0.5) is 0 Å². The summed E-state index contributed by atoms with van der Waals surface area (Å²) in [5.74, 6) is -0.224. The van der Waals surface area contributed by atoms with Crippen LogP contribution >= 0.6 is 0 Å². The van der Waals surface area contributed by atoms with E-state index in [0.717, 1.165) is 0 Å². The Morgan fingerprint density at radius 1 is 1.30 bits per heavy atom. The highest BCUT2D eigenvalue weighted by Crippen LogP contribution is 2.19. The molecule has 0 aliphatic rings. The molecule has 0 unspecified atom stereocenters. The highest BCUT2D eigenvalue weighted by molar-refractivity contribution is 5.83. The number of rotatable bonds is 4. The van der Waals surface area contributed by atoms with Crippen molar-refractivity contribution in [1.29, 1.82) is 0 Å². The van der Waals surface area contributed by atoms with E-state index in [1.165, 1.54) is 16.5 Å². The molecule has 0 bridgehead atoms. The number of esters is 1. The van der Waals surface area contributed by atoms with Crippen LogP contribution in [-0.4, -0.2) is 22.7 Å². The lowest BCUT2D eigenvalue weighted by Crippen LogP contribution is -2.31. The average molecular weight is 274 g/mol. The van der Waals surface area contributed by atoms with Gasteiger partial charge in [-0.2, -0.15) is 0 Å². The summed E-state index contributed by atoms with van der Waals surface area (Å²) in [5.41, 5.74) is 1.95. The van der Waals surface area contributed by atoms with E-state index >= 15 is 0 Å². The maximum absolute atomic E-state index is 11.6. The van der Waals surface area contributed by atoms with Crippen molar-refractivity contribution in [3.63, 3.8) is 0 Å². The van der Waals surface area contributed by atoms with Gasteiger partial charge in [-0.3, -0.25) is 4.79 Å². The lowest BCUT2D eigenvalue weighted by Gasteiger charge is -2.19. The zero-order valence-corrected chi connectivity index (χ0v) is 12.6. The fourth-order valence-electron chi connectivity index (χ4n) is 2.24. The van der Waals surface area contributed by atoms with Crippen molar-refractivity contribution in [3.8, 4) is 0 Å². The van der Waals surface area contributed by atoms with Gasteiger partial charge in [0.25, 0.3) is 0 Å². The molecule has 0 radical (unpaired) electrons. The Hall–Kier alpha value is -1.81. The van der Waals surface area contributed by atoms with Gasteiger partial charge < -0.3 is 14.6 Å². The number of aromatic nitrogens is 1. The molecule has 0 spiro atoms. The first-order valence-corrected chi connectivity index (χ1v) is 6.82. The molecular formula is C16H22N2O2.